The Labute approximate surface area is 306 Å². The van der Waals surface area contributed by atoms with Crippen molar-refractivity contribution in [1.29, 1.82) is 0 Å². The van der Waals surface area contributed by atoms with Gasteiger partial charge in [-0.1, -0.05) is 214 Å². The topological polar surface area (TPSA) is 72.8 Å². The molecule has 0 saturated carbocycles. The molecule has 5 nitrogen and oxygen atoms in total. The minimum Gasteiger partial charge on any atom is -0.463 e. The van der Waals surface area contributed by atoms with Crippen LogP contribution in [0.2, 0.25) is 0 Å². The predicted octanol–water partition coefficient (Wildman–Crippen LogP) is 13.6. The summed E-state index contributed by atoms with van der Waals surface area (Å²) >= 11 is 0. The molecule has 0 aromatic rings. The van der Waals surface area contributed by atoms with Crippen LogP contribution in [0.15, 0.2) is 0 Å². The van der Waals surface area contributed by atoms with Crippen molar-refractivity contribution in [3.63, 3.8) is 0 Å². The van der Waals surface area contributed by atoms with Crippen molar-refractivity contribution in [2.75, 3.05) is 13.2 Å². The van der Waals surface area contributed by atoms with Crippen LogP contribution in [-0.4, -0.2) is 36.4 Å². The number of carbonyl (C=O) groups is 2. The van der Waals surface area contributed by atoms with Crippen LogP contribution < -0.4 is 0 Å². The lowest BCUT2D eigenvalue weighted by Crippen LogP contribution is -2.25. The highest BCUT2D eigenvalue weighted by Crippen LogP contribution is 2.17. The highest BCUT2D eigenvalue weighted by atomic mass is 16.6. The molecule has 0 aliphatic heterocycles. The van der Waals surface area contributed by atoms with Gasteiger partial charge in [0, 0.05) is 12.8 Å². The monoisotopic (exact) mass is 695 g/mol. The Morgan fingerprint density at radius 1 is 0.429 bits per heavy atom. The van der Waals surface area contributed by atoms with Gasteiger partial charge in [-0.05, 0) is 24.7 Å². The number of hydrogen-bond donors (Lipinski definition) is 1. The van der Waals surface area contributed by atoms with Crippen LogP contribution in [0, 0.1) is 11.8 Å². The highest BCUT2D eigenvalue weighted by Gasteiger charge is 2.12. The van der Waals surface area contributed by atoms with Crippen LogP contribution in [0.5, 0.6) is 0 Å². The molecule has 1 N–H and O–H groups in total. The first-order valence-corrected chi connectivity index (χ1v) is 21.8. The molecule has 0 aromatic carbocycles. The molecule has 0 amide bonds. The summed E-state index contributed by atoms with van der Waals surface area (Å²) in [6.45, 7) is 9.08. The van der Waals surface area contributed by atoms with Gasteiger partial charge in [-0.15, -0.1) is 0 Å². The van der Waals surface area contributed by atoms with E-state index < -0.39 is 6.10 Å². The van der Waals surface area contributed by atoms with E-state index in [0.29, 0.717) is 12.8 Å². The molecular formula is C44H86O5. The Morgan fingerprint density at radius 2 is 0.694 bits per heavy atom. The number of hydrogen-bond acceptors (Lipinski definition) is 5. The number of ether oxygens (including phenoxy) is 2. The van der Waals surface area contributed by atoms with Crippen LogP contribution in [0.1, 0.15) is 240 Å². The van der Waals surface area contributed by atoms with Gasteiger partial charge in [0.2, 0.25) is 0 Å². The number of aliphatic hydroxyl groups excluding tert-OH is 1. The molecule has 1 unspecified atom stereocenters. The number of rotatable bonds is 39. The van der Waals surface area contributed by atoms with Crippen molar-refractivity contribution in [2.24, 2.45) is 11.8 Å². The van der Waals surface area contributed by atoms with E-state index >= 15 is 0 Å². The van der Waals surface area contributed by atoms with Gasteiger partial charge < -0.3 is 14.6 Å². The van der Waals surface area contributed by atoms with Crippen LogP contribution in [0.25, 0.3) is 0 Å². The Bertz CT molecular complexity index is 693. The van der Waals surface area contributed by atoms with Gasteiger partial charge in [-0.3, -0.25) is 9.59 Å². The van der Waals surface area contributed by atoms with Crippen LogP contribution >= 0.6 is 0 Å². The number of unbranched alkanes of at least 4 members (excludes halogenated alkanes) is 26. The van der Waals surface area contributed by atoms with Gasteiger partial charge in [0.15, 0.2) is 0 Å². The van der Waals surface area contributed by atoms with E-state index in [0.717, 1.165) is 37.5 Å². The second kappa shape index (κ2) is 38.1. The maximum absolute atomic E-state index is 12.0. The molecule has 0 aliphatic rings. The average molecular weight is 695 g/mol. The minimum absolute atomic E-state index is 0.108. The van der Waals surface area contributed by atoms with Crippen LogP contribution in [0.4, 0.5) is 0 Å². The molecule has 0 saturated heterocycles. The Balaban J connectivity index is 3.37. The van der Waals surface area contributed by atoms with Crippen LogP contribution in [-0.2, 0) is 19.1 Å². The molecule has 0 aliphatic carbocycles. The number of aliphatic hydroxyl groups is 1. The summed E-state index contributed by atoms with van der Waals surface area (Å²) in [5.41, 5.74) is 0. The van der Waals surface area contributed by atoms with Gasteiger partial charge in [0.1, 0.15) is 19.3 Å². The van der Waals surface area contributed by atoms with Gasteiger partial charge in [0.05, 0.1) is 0 Å². The van der Waals surface area contributed by atoms with Gasteiger partial charge in [0.25, 0.3) is 0 Å². The largest absolute Gasteiger partial charge is 0.463 e. The lowest BCUT2D eigenvalue weighted by atomic mass is 9.99. The molecule has 0 heterocycles. The summed E-state index contributed by atoms with van der Waals surface area (Å²) in [6, 6.07) is 0. The first-order chi connectivity index (χ1) is 23.8. The van der Waals surface area contributed by atoms with Crippen molar-refractivity contribution in [3.05, 3.63) is 0 Å². The van der Waals surface area contributed by atoms with E-state index in [1.165, 1.54) is 173 Å². The molecule has 0 bridgehead atoms. The summed E-state index contributed by atoms with van der Waals surface area (Å²) < 4.78 is 10.4. The van der Waals surface area contributed by atoms with Crippen molar-refractivity contribution < 1.29 is 24.2 Å². The summed E-state index contributed by atoms with van der Waals surface area (Å²) in [6.07, 6.45) is 40.1. The normalized spacial score (nSPS) is 12.8. The first-order valence-electron chi connectivity index (χ1n) is 21.8. The maximum atomic E-state index is 12.0. The van der Waals surface area contributed by atoms with Gasteiger partial charge in [-0.25, -0.2) is 0 Å². The second-order valence-electron chi connectivity index (χ2n) is 15.9. The quantitative estimate of drug-likeness (QED) is 0.0512. The third-order valence-electron chi connectivity index (χ3n) is 10.3. The number of esters is 2. The van der Waals surface area contributed by atoms with E-state index in [4.69, 9.17) is 9.47 Å². The van der Waals surface area contributed by atoms with Crippen molar-refractivity contribution in [3.8, 4) is 0 Å². The van der Waals surface area contributed by atoms with E-state index in [1.54, 1.807) is 0 Å². The molecule has 2 atom stereocenters. The van der Waals surface area contributed by atoms with Gasteiger partial charge >= 0.3 is 11.9 Å². The van der Waals surface area contributed by atoms with E-state index in [2.05, 4.69) is 27.7 Å². The Hall–Kier alpha value is -1.10. The van der Waals surface area contributed by atoms with Crippen molar-refractivity contribution >= 4 is 11.9 Å². The lowest BCUT2D eigenvalue weighted by molar-refractivity contribution is -0.152. The zero-order valence-electron chi connectivity index (χ0n) is 33.6. The Kier molecular flexibility index (Phi) is 37.3. The molecule has 0 aromatic heterocycles. The number of carbonyl (C=O) groups excluding carboxylic acids is 2. The molecule has 5 heteroatoms. The van der Waals surface area contributed by atoms with E-state index in [1.807, 2.05) is 0 Å². The summed E-state index contributed by atoms with van der Waals surface area (Å²) in [7, 11) is 0. The molecule has 49 heavy (non-hydrogen) atoms. The summed E-state index contributed by atoms with van der Waals surface area (Å²) in [4.78, 5) is 24.0. The molecular weight excluding hydrogens is 608 g/mol. The summed E-state index contributed by atoms with van der Waals surface area (Å²) in [5.74, 6) is 1.21. The fourth-order valence-corrected chi connectivity index (χ4v) is 6.60. The smallest absolute Gasteiger partial charge is 0.305 e. The molecule has 0 rings (SSSR count). The van der Waals surface area contributed by atoms with Crippen LogP contribution in [0.3, 0.4) is 0 Å². The third kappa shape index (κ3) is 39.5. The molecule has 0 fully saturated rings. The predicted molar refractivity (Wildman–Crippen MR) is 210 cm³/mol. The zero-order chi connectivity index (χ0) is 36.0. The van der Waals surface area contributed by atoms with E-state index in [9.17, 15) is 14.7 Å². The molecule has 292 valence electrons. The minimum atomic E-state index is -0.956. The fourth-order valence-electron chi connectivity index (χ4n) is 6.60. The first kappa shape index (κ1) is 47.9. The second-order valence-corrected chi connectivity index (χ2v) is 15.9. The van der Waals surface area contributed by atoms with Crippen molar-refractivity contribution in [1.82, 2.24) is 0 Å². The SMILES string of the molecule is CCC(C)CCCCCCCCCCCCCCCCC(=O)OC[C@H](O)COC(=O)CCCCCCCCCCCCCCCCC(C)C. The fraction of sp³-hybridized carbons (Fsp3) is 0.955. The molecule has 0 radical (unpaired) electrons. The average Bonchev–Trinajstić information content (AvgIpc) is 3.09. The highest BCUT2D eigenvalue weighted by molar-refractivity contribution is 5.69. The summed E-state index contributed by atoms with van der Waals surface area (Å²) in [5, 5.41) is 10.0. The lowest BCUT2D eigenvalue weighted by Gasteiger charge is -2.12. The van der Waals surface area contributed by atoms with Gasteiger partial charge in [-0.2, -0.15) is 0 Å². The standard InChI is InChI=1S/C44H86O5/c1-5-41(4)35-31-27-23-19-15-11-7-9-13-17-21-25-29-33-37-44(47)49-39-42(45)38-48-43(46)36-32-28-24-20-16-12-8-6-10-14-18-22-26-30-34-40(2)3/h40-42,45H,5-39H2,1-4H3/t41?,42-/m1/s1. The van der Waals surface area contributed by atoms with Crippen molar-refractivity contribution in [2.45, 2.75) is 246 Å². The Morgan fingerprint density at radius 3 is 0.980 bits per heavy atom. The van der Waals surface area contributed by atoms with E-state index in [-0.39, 0.29) is 25.2 Å². The maximum Gasteiger partial charge on any atom is 0.305 e. The zero-order valence-corrected chi connectivity index (χ0v) is 33.6. The molecule has 0 spiro atoms. The third-order valence-corrected chi connectivity index (χ3v) is 10.3.